The number of hydrogen-bond acceptors (Lipinski definition) is 6. The first-order valence-electron chi connectivity index (χ1n) is 13.4. The fourth-order valence-electron chi connectivity index (χ4n) is 5.55. The molecule has 40 heavy (non-hydrogen) atoms. The molecule has 9 nitrogen and oxygen atoms in total. The second kappa shape index (κ2) is 10.3. The first kappa shape index (κ1) is 27.0. The van der Waals surface area contributed by atoms with E-state index in [-0.39, 0.29) is 34.6 Å². The molecule has 212 valence electrons. The molecule has 1 saturated carbocycles. The smallest absolute Gasteiger partial charge is 0.326 e. The topological polar surface area (TPSA) is 113 Å². The summed E-state index contributed by atoms with van der Waals surface area (Å²) in [7, 11) is -7.54. The predicted molar refractivity (Wildman–Crippen MR) is 149 cm³/mol. The van der Waals surface area contributed by atoms with Crippen molar-refractivity contribution in [3.63, 3.8) is 0 Å². The van der Waals surface area contributed by atoms with Crippen LogP contribution in [0.5, 0.6) is 5.75 Å². The molecule has 1 unspecified atom stereocenters. The third kappa shape index (κ3) is 5.27. The van der Waals surface area contributed by atoms with Gasteiger partial charge >= 0.3 is 10.2 Å². The van der Waals surface area contributed by atoms with E-state index in [1.54, 1.807) is 22.5 Å². The molecule has 2 aliphatic heterocycles. The molecule has 0 radical (unpaired) electrons. The lowest BCUT2D eigenvalue weighted by Gasteiger charge is -2.32. The van der Waals surface area contributed by atoms with E-state index in [0.717, 1.165) is 36.8 Å². The van der Waals surface area contributed by atoms with Crippen LogP contribution in [0, 0.1) is 11.7 Å². The maximum Gasteiger partial charge on any atom is 0.326 e. The lowest BCUT2D eigenvalue weighted by molar-refractivity contribution is -0.117. The number of nitrogens with one attached hydrogen (secondary N) is 1. The molecular formula is C28H30FN3O6S2. The van der Waals surface area contributed by atoms with Gasteiger partial charge in [-0.3, -0.25) is 4.79 Å². The Bertz CT molecular complexity index is 1680. The summed E-state index contributed by atoms with van der Waals surface area (Å²) in [6.45, 7) is 0.498. The highest BCUT2D eigenvalue weighted by atomic mass is 32.2. The van der Waals surface area contributed by atoms with Crippen LogP contribution in [0.1, 0.15) is 36.8 Å². The van der Waals surface area contributed by atoms with Gasteiger partial charge in [-0.1, -0.05) is 42.5 Å². The van der Waals surface area contributed by atoms with Crippen LogP contribution in [0.15, 0.2) is 54.6 Å². The number of carbonyl (C=O) groups excluding carboxylic acids is 1. The molecule has 0 spiro atoms. The average molecular weight is 588 g/mol. The monoisotopic (exact) mass is 587 g/mol. The maximum atomic E-state index is 16.2. The number of rotatable bonds is 8. The van der Waals surface area contributed by atoms with Gasteiger partial charge in [0, 0.05) is 18.5 Å². The maximum absolute atomic E-state index is 16.2. The van der Waals surface area contributed by atoms with Crippen molar-refractivity contribution in [2.24, 2.45) is 5.92 Å². The van der Waals surface area contributed by atoms with Crippen LogP contribution >= 0.6 is 0 Å². The molecule has 2 heterocycles. The lowest BCUT2D eigenvalue weighted by atomic mass is 9.91. The molecule has 3 aliphatic rings. The Balaban J connectivity index is 1.33. The molecule has 0 aromatic heterocycles. The van der Waals surface area contributed by atoms with Gasteiger partial charge in [0.1, 0.15) is 24.6 Å². The SMILES string of the molecule is O=C1CN(c2c(OCc3ccccc3)cc3ccc(CC4CCCN(S(=O)(=O)C5CC5)C4)cc3c2F)S(=O)(=O)N1. The minimum atomic E-state index is -4.29. The van der Waals surface area contributed by atoms with E-state index in [4.69, 9.17) is 4.74 Å². The van der Waals surface area contributed by atoms with Crippen molar-refractivity contribution in [1.29, 1.82) is 0 Å². The number of piperidine rings is 1. The highest BCUT2D eigenvalue weighted by Crippen LogP contribution is 2.40. The van der Waals surface area contributed by atoms with Crippen molar-refractivity contribution in [2.45, 2.75) is 44.0 Å². The van der Waals surface area contributed by atoms with Gasteiger partial charge in [-0.05, 0) is 66.7 Å². The summed E-state index contributed by atoms with van der Waals surface area (Å²) in [6, 6.07) is 16.1. The van der Waals surface area contributed by atoms with E-state index in [1.807, 2.05) is 41.1 Å². The van der Waals surface area contributed by atoms with Crippen molar-refractivity contribution in [3.8, 4) is 5.75 Å². The Morgan fingerprint density at radius 2 is 1.80 bits per heavy atom. The van der Waals surface area contributed by atoms with Gasteiger partial charge in [-0.15, -0.1) is 0 Å². The third-order valence-corrected chi connectivity index (χ3v) is 11.4. The second-order valence-corrected chi connectivity index (χ2v) is 14.5. The van der Waals surface area contributed by atoms with Gasteiger partial charge in [0.2, 0.25) is 10.0 Å². The van der Waals surface area contributed by atoms with E-state index < -0.39 is 38.5 Å². The van der Waals surface area contributed by atoms with E-state index >= 15 is 4.39 Å². The summed E-state index contributed by atoms with van der Waals surface area (Å²) in [6.07, 6.45) is 3.66. The number of nitrogens with zero attached hydrogens (tertiary/aromatic N) is 2. The fraction of sp³-hybridized carbons (Fsp3) is 0.393. The Morgan fingerprint density at radius 1 is 1.02 bits per heavy atom. The number of halogens is 1. The van der Waals surface area contributed by atoms with Crippen LogP contribution in [-0.4, -0.2) is 51.9 Å². The van der Waals surface area contributed by atoms with E-state index in [2.05, 4.69) is 0 Å². The Hall–Kier alpha value is -3.22. The summed E-state index contributed by atoms with van der Waals surface area (Å²) in [5, 5.41) is 0.471. The van der Waals surface area contributed by atoms with Crippen molar-refractivity contribution in [3.05, 3.63) is 71.5 Å². The number of anilines is 1. The van der Waals surface area contributed by atoms with Crippen molar-refractivity contribution in [1.82, 2.24) is 9.03 Å². The quantitative estimate of drug-likeness (QED) is 0.432. The van der Waals surface area contributed by atoms with Crippen LogP contribution in [0.3, 0.4) is 0 Å². The van der Waals surface area contributed by atoms with E-state index in [0.29, 0.717) is 29.2 Å². The van der Waals surface area contributed by atoms with Gasteiger partial charge in [-0.25, -0.2) is 26.1 Å². The number of ether oxygens (including phenoxy) is 1. The van der Waals surface area contributed by atoms with E-state index in [1.165, 1.54) is 0 Å². The molecule has 3 aromatic carbocycles. The molecule has 2 saturated heterocycles. The minimum Gasteiger partial charge on any atom is -0.487 e. The molecule has 1 aliphatic carbocycles. The zero-order valence-corrected chi connectivity index (χ0v) is 23.4. The normalized spacial score (nSPS) is 21.5. The Morgan fingerprint density at radius 3 is 2.50 bits per heavy atom. The number of carbonyl (C=O) groups is 1. The number of hydrogen-bond donors (Lipinski definition) is 1. The Labute approximate surface area is 233 Å². The summed E-state index contributed by atoms with van der Waals surface area (Å²) < 4.78 is 77.3. The summed E-state index contributed by atoms with van der Waals surface area (Å²) in [4.78, 5) is 12.0. The molecule has 3 aromatic rings. The predicted octanol–water partition coefficient (Wildman–Crippen LogP) is 3.49. The molecule has 0 bridgehead atoms. The van der Waals surface area contributed by atoms with Crippen LogP contribution in [0.25, 0.3) is 10.8 Å². The number of fused-ring (bicyclic) bond motifs is 1. The van der Waals surface area contributed by atoms with Crippen LogP contribution < -0.4 is 13.8 Å². The summed E-state index contributed by atoms with van der Waals surface area (Å²) in [5.74, 6) is -1.46. The van der Waals surface area contributed by atoms with Crippen LogP contribution in [-0.2, 0) is 38.1 Å². The summed E-state index contributed by atoms with van der Waals surface area (Å²) in [5.41, 5.74) is 1.32. The molecule has 1 N–H and O–H groups in total. The molecule has 12 heteroatoms. The zero-order valence-electron chi connectivity index (χ0n) is 21.8. The van der Waals surface area contributed by atoms with Gasteiger partial charge in [0.25, 0.3) is 5.91 Å². The number of benzene rings is 3. The number of sulfonamides is 1. The number of amides is 1. The summed E-state index contributed by atoms with van der Waals surface area (Å²) >= 11 is 0. The van der Waals surface area contributed by atoms with Crippen molar-refractivity contribution < 1.29 is 30.8 Å². The van der Waals surface area contributed by atoms with Gasteiger partial charge in [0.15, 0.2) is 5.82 Å². The first-order valence-corrected chi connectivity index (χ1v) is 16.3. The van der Waals surface area contributed by atoms with Gasteiger partial charge in [0.05, 0.1) is 5.25 Å². The zero-order chi connectivity index (χ0) is 28.1. The standard InChI is InChI=1S/C28H30FN3O6S2/c29-27-24-14-20(13-21-7-4-12-31(16-21)39(34,35)23-10-11-23)8-9-22(24)15-25(38-18-19-5-2-1-3-6-19)28(27)32-17-26(33)30-40(32,36)37/h1-3,5-6,8-9,14-15,21,23H,4,7,10-13,16-18H2,(H,30,33). The van der Waals surface area contributed by atoms with Crippen molar-refractivity contribution >= 4 is 42.6 Å². The first-order chi connectivity index (χ1) is 19.1. The minimum absolute atomic E-state index is 0.00915. The highest BCUT2D eigenvalue weighted by Gasteiger charge is 2.42. The molecule has 3 fully saturated rings. The second-order valence-electron chi connectivity index (χ2n) is 10.7. The Kier molecular flexibility index (Phi) is 6.96. The molecule has 1 atom stereocenters. The van der Waals surface area contributed by atoms with E-state index in [9.17, 15) is 21.6 Å². The fourth-order valence-corrected chi connectivity index (χ4v) is 8.67. The van der Waals surface area contributed by atoms with Gasteiger partial charge < -0.3 is 4.74 Å². The average Bonchev–Trinajstić information content (AvgIpc) is 3.75. The largest absolute Gasteiger partial charge is 0.487 e. The molecule has 1 amide bonds. The highest BCUT2D eigenvalue weighted by molar-refractivity contribution is 7.92. The lowest BCUT2D eigenvalue weighted by Crippen LogP contribution is -2.42. The van der Waals surface area contributed by atoms with Gasteiger partial charge in [-0.2, -0.15) is 8.42 Å². The van der Waals surface area contributed by atoms with Crippen molar-refractivity contribution in [2.75, 3.05) is 23.9 Å². The van der Waals surface area contributed by atoms with Crippen LogP contribution in [0.4, 0.5) is 10.1 Å². The molecular weight excluding hydrogens is 557 g/mol. The third-order valence-electron chi connectivity index (χ3n) is 7.70. The molecule has 6 rings (SSSR count). The van der Waals surface area contributed by atoms with Crippen LogP contribution in [0.2, 0.25) is 0 Å².